The number of nitriles is 1. The van der Waals surface area contributed by atoms with E-state index in [4.69, 9.17) is 5.26 Å². The highest BCUT2D eigenvalue weighted by Crippen LogP contribution is 2.23. The number of benzene rings is 1. The lowest BCUT2D eigenvalue weighted by Crippen LogP contribution is -1.92. The molecule has 0 saturated carbocycles. The Bertz CT molecular complexity index is 310. The first-order valence-corrected chi connectivity index (χ1v) is 5.92. The molecule has 1 aromatic rings. The van der Waals surface area contributed by atoms with Crippen molar-refractivity contribution in [2.24, 2.45) is 0 Å². The standard InChI is InChI=1S/C12H15NS/c1-3-10(9-13)11-5-7-12(8-6-11)14-4-2/h5-8,10H,3-4H2,1-2H3. The molecule has 0 aliphatic heterocycles. The molecular formula is C12H15NS. The van der Waals surface area contributed by atoms with Gasteiger partial charge in [0.05, 0.1) is 12.0 Å². The van der Waals surface area contributed by atoms with Gasteiger partial charge in [0, 0.05) is 4.90 Å². The zero-order chi connectivity index (χ0) is 10.4. The quantitative estimate of drug-likeness (QED) is 0.698. The molecule has 0 aliphatic carbocycles. The van der Waals surface area contributed by atoms with Crippen molar-refractivity contribution in [1.82, 2.24) is 0 Å². The van der Waals surface area contributed by atoms with E-state index in [2.05, 4.69) is 37.3 Å². The van der Waals surface area contributed by atoms with Gasteiger partial charge in [0.15, 0.2) is 0 Å². The number of hydrogen-bond donors (Lipinski definition) is 0. The molecule has 0 fully saturated rings. The Kier molecular flexibility index (Phi) is 4.55. The summed E-state index contributed by atoms with van der Waals surface area (Å²) in [4.78, 5) is 1.28. The van der Waals surface area contributed by atoms with Crippen molar-refractivity contribution in [3.8, 4) is 6.07 Å². The van der Waals surface area contributed by atoms with Gasteiger partial charge in [0.2, 0.25) is 0 Å². The molecule has 1 atom stereocenters. The molecule has 1 aromatic carbocycles. The van der Waals surface area contributed by atoms with Crippen molar-refractivity contribution in [3.63, 3.8) is 0 Å². The lowest BCUT2D eigenvalue weighted by molar-refractivity contribution is 0.817. The van der Waals surface area contributed by atoms with Crippen LogP contribution in [0.15, 0.2) is 29.2 Å². The summed E-state index contributed by atoms with van der Waals surface area (Å²) >= 11 is 1.83. The monoisotopic (exact) mass is 205 g/mol. The zero-order valence-corrected chi connectivity index (χ0v) is 9.47. The van der Waals surface area contributed by atoms with Crippen molar-refractivity contribution in [3.05, 3.63) is 29.8 Å². The van der Waals surface area contributed by atoms with Crippen molar-refractivity contribution in [2.75, 3.05) is 5.75 Å². The third-order valence-corrected chi connectivity index (χ3v) is 3.05. The second kappa shape index (κ2) is 5.72. The molecule has 1 unspecified atom stereocenters. The smallest absolute Gasteiger partial charge is 0.0710 e. The van der Waals surface area contributed by atoms with Crippen LogP contribution in [0.1, 0.15) is 31.7 Å². The summed E-state index contributed by atoms with van der Waals surface area (Å²) in [5.41, 5.74) is 1.13. The van der Waals surface area contributed by atoms with E-state index in [1.807, 2.05) is 18.7 Å². The molecule has 1 nitrogen and oxygen atoms in total. The Labute approximate surface area is 90.1 Å². The van der Waals surface area contributed by atoms with Crippen LogP contribution < -0.4 is 0 Å². The van der Waals surface area contributed by atoms with Crippen LogP contribution in [0.3, 0.4) is 0 Å². The van der Waals surface area contributed by atoms with E-state index in [9.17, 15) is 0 Å². The van der Waals surface area contributed by atoms with E-state index < -0.39 is 0 Å². The van der Waals surface area contributed by atoms with Gasteiger partial charge in [-0.2, -0.15) is 5.26 Å². The van der Waals surface area contributed by atoms with Crippen LogP contribution in [0.2, 0.25) is 0 Å². The Morgan fingerprint density at radius 2 is 1.93 bits per heavy atom. The zero-order valence-electron chi connectivity index (χ0n) is 8.66. The SMILES string of the molecule is CCSc1ccc(C(C#N)CC)cc1. The highest BCUT2D eigenvalue weighted by molar-refractivity contribution is 7.99. The van der Waals surface area contributed by atoms with Gasteiger partial charge < -0.3 is 0 Å². The van der Waals surface area contributed by atoms with Gasteiger partial charge in [-0.15, -0.1) is 11.8 Å². The summed E-state index contributed by atoms with van der Waals surface area (Å²) in [5, 5.41) is 8.90. The molecule has 0 bridgehead atoms. The number of hydrogen-bond acceptors (Lipinski definition) is 2. The Morgan fingerprint density at radius 3 is 2.36 bits per heavy atom. The summed E-state index contributed by atoms with van der Waals surface area (Å²) in [5.74, 6) is 1.14. The fourth-order valence-corrected chi connectivity index (χ4v) is 2.03. The third kappa shape index (κ3) is 2.78. The molecule has 0 radical (unpaired) electrons. The molecule has 2 heteroatoms. The Morgan fingerprint density at radius 1 is 1.29 bits per heavy atom. The average Bonchev–Trinajstić information content (AvgIpc) is 2.23. The molecular weight excluding hydrogens is 190 g/mol. The summed E-state index contributed by atoms with van der Waals surface area (Å²) in [6.07, 6.45) is 0.886. The second-order valence-corrected chi connectivity index (χ2v) is 4.43. The van der Waals surface area contributed by atoms with Gasteiger partial charge in [0.25, 0.3) is 0 Å². The van der Waals surface area contributed by atoms with E-state index in [-0.39, 0.29) is 5.92 Å². The predicted molar refractivity (Wildman–Crippen MR) is 61.5 cm³/mol. The molecule has 0 aliphatic rings. The van der Waals surface area contributed by atoms with E-state index in [0.717, 1.165) is 17.7 Å². The number of nitrogens with zero attached hydrogens (tertiary/aromatic N) is 1. The van der Waals surface area contributed by atoms with Gasteiger partial charge in [-0.05, 0) is 29.9 Å². The minimum atomic E-state index is 0.0516. The van der Waals surface area contributed by atoms with Crippen LogP contribution in [0.25, 0.3) is 0 Å². The topological polar surface area (TPSA) is 23.8 Å². The molecule has 14 heavy (non-hydrogen) atoms. The first-order valence-electron chi connectivity index (χ1n) is 4.94. The van der Waals surface area contributed by atoms with Gasteiger partial charge in [-0.1, -0.05) is 26.0 Å². The first-order chi connectivity index (χ1) is 6.81. The average molecular weight is 205 g/mol. The van der Waals surface area contributed by atoms with Gasteiger partial charge in [-0.3, -0.25) is 0 Å². The van der Waals surface area contributed by atoms with Crippen LogP contribution >= 0.6 is 11.8 Å². The predicted octanol–water partition coefficient (Wildman–Crippen LogP) is 3.82. The van der Waals surface area contributed by atoms with E-state index >= 15 is 0 Å². The molecule has 0 N–H and O–H groups in total. The molecule has 0 spiro atoms. The molecule has 0 saturated heterocycles. The summed E-state index contributed by atoms with van der Waals surface area (Å²) in [7, 11) is 0. The van der Waals surface area contributed by atoms with Crippen LogP contribution in [-0.4, -0.2) is 5.75 Å². The van der Waals surface area contributed by atoms with Crippen LogP contribution in [0.4, 0.5) is 0 Å². The van der Waals surface area contributed by atoms with Crippen molar-refractivity contribution < 1.29 is 0 Å². The minimum absolute atomic E-state index is 0.0516. The largest absolute Gasteiger partial charge is 0.198 e. The van der Waals surface area contributed by atoms with Gasteiger partial charge in [-0.25, -0.2) is 0 Å². The van der Waals surface area contributed by atoms with Gasteiger partial charge >= 0.3 is 0 Å². The van der Waals surface area contributed by atoms with E-state index in [0.29, 0.717) is 0 Å². The third-order valence-electron chi connectivity index (χ3n) is 2.16. The highest BCUT2D eigenvalue weighted by atomic mass is 32.2. The summed E-state index contributed by atoms with van der Waals surface area (Å²) in [6, 6.07) is 10.6. The van der Waals surface area contributed by atoms with Crippen LogP contribution in [-0.2, 0) is 0 Å². The molecule has 0 aromatic heterocycles. The fraction of sp³-hybridized carbons (Fsp3) is 0.417. The maximum atomic E-state index is 8.90. The maximum absolute atomic E-state index is 8.90. The molecule has 0 amide bonds. The normalized spacial score (nSPS) is 12.1. The lowest BCUT2D eigenvalue weighted by atomic mass is 9.98. The Balaban J connectivity index is 2.77. The number of rotatable bonds is 4. The summed E-state index contributed by atoms with van der Waals surface area (Å²) < 4.78 is 0. The summed E-state index contributed by atoms with van der Waals surface area (Å²) in [6.45, 7) is 4.19. The van der Waals surface area contributed by atoms with Crippen molar-refractivity contribution in [1.29, 1.82) is 5.26 Å². The van der Waals surface area contributed by atoms with Gasteiger partial charge in [0.1, 0.15) is 0 Å². The van der Waals surface area contributed by atoms with Crippen molar-refractivity contribution in [2.45, 2.75) is 31.1 Å². The first kappa shape index (κ1) is 11.1. The van der Waals surface area contributed by atoms with Crippen LogP contribution in [0, 0.1) is 11.3 Å². The molecule has 1 rings (SSSR count). The Hall–Kier alpha value is -0.940. The maximum Gasteiger partial charge on any atom is 0.0710 e. The number of thioether (sulfide) groups is 1. The van der Waals surface area contributed by atoms with E-state index in [1.54, 1.807) is 0 Å². The van der Waals surface area contributed by atoms with E-state index in [1.165, 1.54) is 4.90 Å². The molecule has 0 heterocycles. The molecule has 74 valence electrons. The fourth-order valence-electron chi connectivity index (χ4n) is 1.36. The minimum Gasteiger partial charge on any atom is -0.198 e. The van der Waals surface area contributed by atoms with Crippen molar-refractivity contribution >= 4 is 11.8 Å². The lowest BCUT2D eigenvalue weighted by Gasteiger charge is -2.06. The highest BCUT2D eigenvalue weighted by Gasteiger charge is 2.06. The van der Waals surface area contributed by atoms with Crippen LogP contribution in [0.5, 0.6) is 0 Å². The second-order valence-electron chi connectivity index (χ2n) is 3.09.